The molecule has 1 aromatic rings. The van der Waals surface area contributed by atoms with Crippen LogP contribution in [0.25, 0.3) is 0 Å². The summed E-state index contributed by atoms with van der Waals surface area (Å²) in [4.78, 5) is 15.9. The van der Waals surface area contributed by atoms with Gasteiger partial charge in [-0.25, -0.2) is 4.98 Å². The van der Waals surface area contributed by atoms with E-state index in [1.54, 1.807) is 17.5 Å². The van der Waals surface area contributed by atoms with Gasteiger partial charge in [0.05, 0.1) is 5.01 Å². The van der Waals surface area contributed by atoms with Gasteiger partial charge in [-0.15, -0.1) is 11.3 Å². The molecule has 2 rings (SSSR count). The van der Waals surface area contributed by atoms with Crippen LogP contribution in [-0.4, -0.2) is 16.4 Å². The number of amides is 1. The maximum absolute atomic E-state index is 11.6. The van der Waals surface area contributed by atoms with E-state index in [0.717, 1.165) is 5.01 Å². The SMILES string of the molecule is CC1C(=O)NC(C)(C)C1c1nccs1. The van der Waals surface area contributed by atoms with Crippen molar-refractivity contribution in [3.05, 3.63) is 16.6 Å². The minimum Gasteiger partial charge on any atom is -0.350 e. The van der Waals surface area contributed by atoms with Gasteiger partial charge in [0.2, 0.25) is 5.91 Å². The van der Waals surface area contributed by atoms with E-state index in [1.807, 2.05) is 12.3 Å². The fraction of sp³-hybridized carbons (Fsp3) is 0.600. The van der Waals surface area contributed by atoms with Crippen LogP contribution in [0, 0.1) is 5.92 Å². The van der Waals surface area contributed by atoms with Crippen LogP contribution in [-0.2, 0) is 4.79 Å². The topological polar surface area (TPSA) is 42.0 Å². The van der Waals surface area contributed by atoms with E-state index in [2.05, 4.69) is 24.1 Å². The quantitative estimate of drug-likeness (QED) is 0.767. The highest BCUT2D eigenvalue weighted by Gasteiger charge is 2.46. The lowest BCUT2D eigenvalue weighted by Crippen LogP contribution is -2.38. The lowest BCUT2D eigenvalue weighted by atomic mass is 9.84. The molecule has 1 N–H and O–H groups in total. The van der Waals surface area contributed by atoms with Crippen molar-refractivity contribution in [3.8, 4) is 0 Å². The van der Waals surface area contributed by atoms with Crippen LogP contribution in [0.2, 0.25) is 0 Å². The highest BCUT2D eigenvalue weighted by Crippen LogP contribution is 2.40. The Hall–Kier alpha value is -0.900. The van der Waals surface area contributed by atoms with Gasteiger partial charge >= 0.3 is 0 Å². The fourth-order valence-electron chi connectivity index (χ4n) is 2.20. The van der Waals surface area contributed by atoms with E-state index in [4.69, 9.17) is 0 Å². The smallest absolute Gasteiger partial charge is 0.224 e. The first-order valence-electron chi connectivity index (χ1n) is 4.74. The number of hydrogen-bond donors (Lipinski definition) is 1. The molecule has 0 bridgehead atoms. The number of nitrogens with zero attached hydrogens (tertiary/aromatic N) is 1. The van der Waals surface area contributed by atoms with Gasteiger partial charge in [-0.3, -0.25) is 4.79 Å². The number of carbonyl (C=O) groups is 1. The average Bonchev–Trinajstić information content (AvgIpc) is 2.60. The van der Waals surface area contributed by atoms with Crippen molar-refractivity contribution in [2.75, 3.05) is 0 Å². The Balaban J connectivity index is 2.38. The van der Waals surface area contributed by atoms with Crippen molar-refractivity contribution in [2.24, 2.45) is 5.92 Å². The molecule has 0 saturated carbocycles. The minimum absolute atomic E-state index is 0.0242. The molecule has 0 radical (unpaired) electrons. The summed E-state index contributed by atoms with van der Waals surface area (Å²) in [6.45, 7) is 6.08. The summed E-state index contributed by atoms with van der Waals surface area (Å²) in [6.07, 6.45) is 1.80. The third-order valence-electron chi connectivity index (χ3n) is 2.85. The van der Waals surface area contributed by atoms with E-state index < -0.39 is 0 Å². The van der Waals surface area contributed by atoms with Crippen LogP contribution in [0.5, 0.6) is 0 Å². The number of hydrogen-bond acceptors (Lipinski definition) is 3. The highest BCUT2D eigenvalue weighted by molar-refractivity contribution is 7.09. The molecule has 3 nitrogen and oxygen atoms in total. The third-order valence-corrected chi connectivity index (χ3v) is 3.71. The molecule has 4 heteroatoms. The molecule has 14 heavy (non-hydrogen) atoms. The largest absolute Gasteiger partial charge is 0.350 e. The first-order chi connectivity index (χ1) is 6.52. The van der Waals surface area contributed by atoms with Gasteiger partial charge in [0.15, 0.2) is 0 Å². The molecule has 0 spiro atoms. The van der Waals surface area contributed by atoms with Gasteiger partial charge in [0, 0.05) is 29.0 Å². The van der Waals surface area contributed by atoms with E-state index in [9.17, 15) is 4.79 Å². The lowest BCUT2D eigenvalue weighted by molar-refractivity contribution is -0.122. The van der Waals surface area contributed by atoms with Crippen molar-refractivity contribution in [1.29, 1.82) is 0 Å². The molecular weight excluding hydrogens is 196 g/mol. The zero-order chi connectivity index (χ0) is 10.3. The summed E-state index contributed by atoms with van der Waals surface area (Å²) in [5, 5.41) is 6.02. The Kier molecular flexibility index (Phi) is 2.10. The van der Waals surface area contributed by atoms with Gasteiger partial charge in [-0.2, -0.15) is 0 Å². The molecule has 1 aliphatic heterocycles. The number of aromatic nitrogens is 1. The normalized spacial score (nSPS) is 30.4. The number of rotatable bonds is 1. The van der Waals surface area contributed by atoms with Crippen LogP contribution in [0.4, 0.5) is 0 Å². The molecular formula is C10H14N2OS. The van der Waals surface area contributed by atoms with Crippen molar-refractivity contribution < 1.29 is 4.79 Å². The second-order valence-corrected chi connectivity index (χ2v) is 5.27. The standard InChI is InChI=1S/C10H14N2OS/c1-6-7(9-11-4-5-14-9)10(2,3)12-8(6)13/h4-7H,1-3H3,(H,12,13). The van der Waals surface area contributed by atoms with E-state index in [1.165, 1.54) is 0 Å². The zero-order valence-electron chi connectivity index (χ0n) is 8.57. The van der Waals surface area contributed by atoms with Crippen LogP contribution in [0.3, 0.4) is 0 Å². The molecule has 1 aromatic heterocycles. The molecule has 1 saturated heterocycles. The molecule has 1 amide bonds. The Morgan fingerprint density at radius 3 is 2.71 bits per heavy atom. The summed E-state index contributed by atoms with van der Waals surface area (Å²) in [7, 11) is 0. The van der Waals surface area contributed by atoms with E-state index in [0.29, 0.717) is 0 Å². The van der Waals surface area contributed by atoms with Gasteiger partial charge < -0.3 is 5.32 Å². The highest BCUT2D eigenvalue weighted by atomic mass is 32.1. The van der Waals surface area contributed by atoms with Crippen molar-refractivity contribution in [3.63, 3.8) is 0 Å². The number of thiazole rings is 1. The predicted octanol–water partition coefficient (Wildman–Crippen LogP) is 1.77. The van der Waals surface area contributed by atoms with Gasteiger partial charge in [0.25, 0.3) is 0 Å². The molecule has 1 fully saturated rings. The summed E-state index contributed by atoms with van der Waals surface area (Å²) < 4.78 is 0. The fourth-order valence-corrected chi connectivity index (χ4v) is 3.22. The summed E-state index contributed by atoms with van der Waals surface area (Å²) in [5.74, 6) is 0.362. The van der Waals surface area contributed by atoms with Crippen LogP contribution in [0.1, 0.15) is 31.7 Å². The lowest BCUT2D eigenvalue weighted by Gasteiger charge is -2.26. The first-order valence-corrected chi connectivity index (χ1v) is 5.62. The van der Waals surface area contributed by atoms with Gasteiger partial charge in [0.1, 0.15) is 0 Å². The maximum atomic E-state index is 11.6. The zero-order valence-corrected chi connectivity index (χ0v) is 9.39. The van der Waals surface area contributed by atoms with Crippen LogP contribution < -0.4 is 5.32 Å². The third kappa shape index (κ3) is 1.34. The van der Waals surface area contributed by atoms with E-state index >= 15 is 0 Å². The molecule has 0 aliphatic carbocycles. The Morgan fingerprint density at radius 1 is 1.57 bits per heavy atom. The Bertz CT molecular complexity index is 345. The van der Waals surface area contributed by atoms with E-state index in [-0.39, 0.29) is 23.3 Å². The average molecular weight is 210 g/mol. The predicted molar refractivity (Wildman–Crippen MR) is 56.2 cm³/mol. The summed E-state index contributed by atoms with van der Waals surface area (Å²) in [5.41, 5.74) is -0.172. The number of carbonyl (C=O) groups excluding carboxylic acids is 1. The summed E-state index contributed by atoms with van der Waals surface area (Å²) >= 11 is 1.62. The minimum atomic E-state index is -0.172. The van der Waals surface area contributed by atoms with Gasteiger partial charge in [-0.1, -0.05) is 6.92 Å². The molecule has 76 valence electrons. The Labute approximate surface area is 87.6 Å². The van der Waals surface area contributed by atoms with Crippen molar-refractivity contribution in [1.82, 2.24) is 10.3 Å². The molecule has 2 unspecified atom stereocenters. The Morgan fingerprint density at radius 2 is 2.29 bits per heavy atom. The van der Waals surface area contributed by atoms with Gasteiger partial charge in [-0.05, 0) is 13.8 Å². The molecule has 1 aliphatic rings. The molecule has 0 aromatic carbocycles. The second-order valence-electron chi connectivity index (χ2n) is 4.35. The van der Waals surface area contributed by atoms with Crippen molar-refractivity contribution in [2.45, 2.75) is 32.2 Å². The second kappa shape index (κ2) is 3.05. The molecule has 2 atom stereocenters. The van der Waals surface area contributed by atoms with Crippen molar-refractivity contribution >= 4 is 17.2 Å². The maximum Gasteiger partial charge on any atom is 0.224 e. The summed E-state index contributed by atoms with van der Waals surface area (Å²) in [6, 6.07) is 0. The van der Waals surface area contributed by atoms with Crippen LogP contribution >= 0.6 is 11.3 Å². The molecule has 2 heterocycles. The van der Waals surface area contributed by atoms with Crippen LogP contribution in [0.15, 0.2) is 11.6 Å². The first kappa shape index (κ1) is 9.65. The monoisotopic (exact) mass is 210 g/mol. The number of nitrogens with one attached hydrogen (secondary N) is 1.